The average Bonchev–Trinajstić information content (AvgIpc) is 2.83. The van der Waals surface area contributed by atoms with Gasteiger partial charge in [-0.05, 0) is 19.8 Å². The highest BCUT2D eigenvalue weighted by Crippen LogP contribution is 2.18. The van der Waals surface area contributed by atoms with Crippen molar-refractivity contribution in [3.8, 4) is 0 Å². The molecule has 2 rings (SSSR count). The molecule has 0 bridgehead atoms. The van der Waals surface area contributed by atoms with Gasteiger partial charge >= 0.3 is 0 Å². The minimum atomic E-state index is 0.625. The zero-order chi connectivity index (χ0) is 10.7. The van der Waals surface area contributed by atoms with Crippen molar-refractivity contribution in [1.82, 2.24) is 14.9 Å². The molecule has 1 fully saturated rings. The quantitative estimate of drug-likeness (QED) is 0.788. The normalized spacial score (nSPS) is 17.4. The van der Waals surface area contributed by atoms with Crippen molar-refractivity contribution in [3.63, 3.8) is 0 Å². The maximum absolute atomic E-state index is 5.68. The van der Waals surface area contributed by atoms with E-state index in [2.05, 4.69) is 21.8 Å². The number of hydrogen-bond donors (Lipinski definition) is 2. The topological polar surface area (TPSA) is 55.9 Å². The monoisotopic (exact) mass is 208 g/mol. The zero-order valence-electron chi connectivity index (χ0n) is 9.37. The summed E-state index contributed by atoms with van der Waals surface area (Å²) < 4.78 is 2.11. The van der Waals surface area contributed by atoms with Crippen LogP contribution in [0, 0.1) is 0 Å². The molecule has 1 aromatic heterocycles. The summed E-state index contributed by atoms with van der Waals surface area (Å²) in [5.41, 5.74) is 5.68. The first kappa shape index (κ1) is 10.5. The van der Waals surface area contributed by atoms with Gasteiger partial charge in [0.25, 0.3) is 0 Å². The number of aryl methyl sites for hydroxylation is 1. The van der Waals surface area contributed by atoms with E-state index in [0.29, 0.717) is 11.9 Å². The van der Waals surface area contributed by atoms with Crippen molar-refractivity contribution in [3.05, 3.63) is 12.0 Å². The van der Waals surface area contributed by atoms with E-state index in [4.69, 9.17) is 5.73 Å². The van der Waals surface area contributed by atoms with Crippen molar-refractivity contribution in [1.29, 1.82) is 0 Å². The molecule has 0 spiro atoms. The number of nitrogens with zero attached hydrogens (tertiary/aromatic N) is 2. The van der Waals surface area contributed by atoms with Crippen LogP contribution >= 0.6 is 0 Å². The van der Waals surface area contributed by atoms with Gasteiger partial charge in [-0.3, -0.25) is 0 Å². The Kier molecular flexibility index (Phi) is 3.26. The van der Waals surface area contributed by atoms with Crippen LogP contribution in [-0.2, 0) is 13.1 Å². The van der Waals surface area contributed by atoms with E-state index in [1.54, 1.807) is 0 Å². The third kappa shape index (κ3) is 2.50. The van der Waals surface area contributed by atoms with E-state index in [-0.39, 0.29) is 0 Å². The van der Waals surface area contributed by atoms with E-state index in [9.17, 15) is 0 Å². The minimum Gasteiger partial charge on any atom is -0.382 e. The van der Waals surface area contributed by atoms with Crippen LogP contribution in [0.15, 0.2) is 6.20 Å². The van der Waals surface area contributed by atoms with Gasteiger partial charge in [-0.15, -0.1) is 0 Å². The van der Waals surface area contributed by atoms with Crippen molar-refractivity contribution < 1.29 is 0 Å². The smallest absolute Gasteiger partial charge is 0.141 e. The number of imidazole rings is 1. The molecule has 1 aliphatic rings. The maximum Gasteiger partial charge on any atom is 0.141 e. The summed E-state index contributed by atoms with van der Waals surface area (Å²) in [7, 11) is 0. The van der Waals surface area contributed by atoms with Crippen LogP contribution in [0.2, 0.25) is 0 Å². The molecule has 0 amide bonds. The van der Waals surface area contributed by atoms with Gasteiger partial charge in [-0.25, -0.2) is 4.98 Å². The summed E-state index contributed by atoms with van der Waals surface area (Å²) in [5.74, 6) is 1.68. The Labute approximate surface area is 90.9 Å². The van der Waals surface area contributed by atoms with Crippen molar-refractivity contribution in [2.45, 2.75) is 51.7 Å². The Morgan fingerprint density at radius 1 is 1.53 bits per heavy atom. The van der Waals surface area contributed by atoms with Crippen molar-refractivity contribution in [2.75, 3.05) is 5.73 Å². The Morgan fingerprint density at radius 2 is 2.27 bits per heavy atom. The number of nitrogens with one attached hydrogen (secondary N) is 1. The van der Waals surface area contributed by atoms with Crippen molar-refractivity contribution >= 4 is 5.82 Å². The van der Waals surface area contributed by atoms with E-state index in [1.165, 1.54) is 25.7 Å². The molecule has 1 heterocycles. The fourth-order valence-electron chi connectivity index (χ4n) is 2.26. The number of nitrogens with two attached hydrogens (primary N) is 1. The average molecular weight is 208 g/mol. The Hall–Kier alpha value is -1.03. The summed E-state index contributed by atoms with van der Waals surface area (Å²) in [4.78, 5) is 4.32. The fourth-order valence-corrected chi connectivity index (χ4v) is 2.26. The van der Waals surface area contributed by atoms with Crippen LogP contribution in [0.3, 0.4) is 0 Å². The van der Waals surface area contributed by atoms with Crippen molar-refractivity contribution in [2.24, 2.45) is 0 Å². The summed E-state index contributed by atoms with van der Waals surface area (Å²) in [6, 6.07) is 0.688. The molecule has 1 aromatic rings. The van der Waals surface area contributed by atoms with Crippen LogP contribution in [0.4, 0.5) is 5.82 Å². The number of aromatic nitrogens is 2. The molecule has 4 nitrogen and oxygen atoms in total. The highest BCUT2D eigenvalue weighted by molar-refractivity contribution is 5.25. The highest BCUT2D eigenvalue weighted by atomic mass is 15.1. The number of hydrogen-bond acceptors (Lipinski definition) is 3. The molecule has 3 N–H and O–H groups in total. The predicted molar refractivity (Wildman–Crippen MR) is 61.4 cm³/mol. The molecule has 0 saturated heterocycles. The number of nitrogen functional groups attached to an aromatic ring is 1. The summed E-state index contributed by atoms with van der Waals surface area (Å²) >= 11 is 0. The molecule has 0 aromatic carbocycles. The lowest BCUT2D eigenvalue weighted by atomic mass is 10.2. The third-order valence-corrected chi connectivity index (χ3v) is 3.12. The van der Waals surface area contributed by atoms with Gasteiger partial charge in [-0.1, -0.05) is 12.8 Å². The maximum atomic E-state index is 5.68. The second kappa shape index (κ2) is 4.66. The highest BCUT2D eigenvalue weighted by Gasteiger charge is 2.15. The Morgan fingerprint density at radius 3 is 2.93 bits per heavy atom. The molecular weight excluding hydrogens is 188 g/mol. The first-order valence-electron chi connectivity index (χ1n) is 5.84. The number of rotatable bonds is 4. The second-order valence-corrected chi connectivity index (χ2v) is 4.23. The molecule has 1 aliphatic carbocycles. The molecular formula is C11H20N4. The van der Waals surface area contributed by atoms with Gasteiger partial charge in [0.1, 0.15) is 11.6 Å². The molecule has 0 aliphatic heterocycles. The van der Waals surface area contributed by atoms with Crippen LogP contribution in [0.5, 0.6) is 0 Å². The standard InChI is InChI=1S/C11H20N4/c1-2-15-8-10(12)14-11(15)7-13-9-5-3-4-6-9/h8-9,13H,2-7,12H2,1H3. The molecule has 15 heavy (non-hydrogen) atoms. The first-order chi connectivity index (χ1) is 7.29. The number of anilines is 1. The SMILES string of the molecule is CCn1cc(N)nc1CNC1CCCC1. The largest absolute Gasteiger partial charge is 0.382 e. The molecule has 84 valence electrons. The van der Waals surface area contributed by atoms with Gasteiger partial charge in [0.2, 0.25) is 0 Å². The van der Waals surface area contributed by atoms with Gasteiger partial charge in [-0.2, -0.15) is 0 Å². The van der Waals surface area contributed by atoms with Gasteiger partial charge in [0, 0.05) is 18.8 Å². The molecule has 4 heteroatoms. The second-order valence-electron chi connectivity index (χ2n) is 4.23. The lowest BCUT2D eigenvalue weighted by molar-refractivity contribution is 0.502. The summed E-state index contributed by atoms with van der Waals surface area (Å²) in [6.07, 6.45) is 7.25. The van der Waals surface area contributed by atoms with Crippen LogP contribution < -0.4 is 11.1 Å². The molecule has 0 atom stereocenters. The van der Waals surface area contributed by atoms with E-state index in [0.717, 1.165) is 18.9 Å². The predicted octanol–water partition coefficient (Wildman–Crippen LogP) is 1.52. The van der Waals surface area contributed by atoms with Gasteiger partial charge in [0.15, 0.2) is 0 Å². The molecule has 0 radical (unpaired) electrons. The van der Waals surface area contributed by atoms with Crippen LogP contribution in [0.25, 0.3) is 0 Å². The van der Waals surface area contributed by atoms with Crippen LogP contribution in [-0.4, -0.2) is 15.6 Å². The van der Waals surface area contributed by atoms with Gasteiger partial charge in [0.05, 0.1) is 6.54 Å². The third-order valence-electron chi connectivity index (χ3n) is 3.12. The lowest BCUT2D eigenvalue weighted by Crippen LogP contribution is -2.26. The van der Waals surface area contributed by atoms with Gasteiger partial charge < -0.3 is 15.6 Å². The summed E-state index contributed by atoms with van der Waals surface area (Å²) in [6.45, 7) is 3.89. The molecule has 0 unspecified atom stereocenters. The Bertz CT molecular complexity index is 312. The Balaban J connectivity index is 1.91. The lowest BCUT2D eigenvalue weighted by Gasteiger charge is -2.11. The zero-order valence-corrected chi connectivity index (χ0v) is 9.37. The first-order valence-corrected chi connectivity index (χ1v) is 5.84. The van der Waals surface area contributed by atoms with E-state index < -0.39 is 0 Å². The van der Waals surface area contributed by atoms with E-state index in [1.807, 2.05) is 6.20 Å². The summed E-state index contributed by atoms with van der Waals surface area (Å²) in [5, 5.41) is 3.55. The fraction of sp³-hybridized carbons (Fsp3) is 0.727. The van der Waals surface area contributed by atoms with Crippen LogP contribution in [0.1, 0.15) is 38.4 Å². The minimum absolute atomic E-state index is 0.625. The molecule has 1 saturated carbocycles. The van der Waals surface area contributed by atoms with E-state index >= 15 is 0 Å².